The summed E-state index contributed by atoms with van der Waals surface area (Å²) in [6.07, 6.45) is 0.263. The third kappa shape index (κ3) is 2.57. The van der Waals surface area contributed by atoms with Gasteiger partial charge < -0.3 is 14.6 Å². The van der Waals surface area contributed by atoms with E-state index in [0.717, 1.165) is 22.3 Å². The molecule has 0 saturated carbocycles. The van der Waals surface area contributed by atoms with Crippen molar-refractivity contribution in [2.24, 2.45) is 0 Å². The second-order valence-electron chi connectivity index (χ2n) is 4.18. The minimum atomic E-state index is -0.425. The Morgan fingerprint density at radius 3 is 2.28 bits per heavy atom. The van der Waals surface area contributed by atoms with Crippen LogP contribution in [-0.4, -0.2) is 24.9 Å². The number of ether oxygens (including phenoxy) is 2. The quantitative estimate of drug-likeness (QED) is 0.881. The van der Waals surface area contributed by atoms with E-state index in [1.807, 2.05) is 43.3 Å². The molecule has 2 aromatic rings. The molecular formula is C15H18O3. The van der Waals surface area contributed by atoms with Gasteiger partial charge in [0.2, 0.25) is 0 Å². The highest BCUT2D eigenvalue weighted by atomic mass is 16.5. The summed E-state index contributed by atoms with van der Waals surface area (Å²) >= 11 is 0. The fraction of sp³-hybridized carbons (Fsp3) is 0.333. The lowest BCUT2D eigenvalue weighted by Gasteiger charge is -2.14. The molecule has 3 nitrogen and oxygen atoms in total. The van der Waals surface area contributed by atoms with E-state index in [-0.39, 0.29) is 0 Å². The van der Waals surface area contributed by atoms with Crippen molar-refractivity contribution in [3.05, 3.63) is 36.4 Å². The van der Waals surface area contributed by atoms with Gasteiger partial charge in [0.15, 0.2) is 0 Å². The molecule has 1 unspecified atom stereocenters. The van der Waals surface area contributed by atoms with Gasteiger partial charge in [-0.05, 0) is 18.6 Å². The van der Waals surface area contributed by atoms with Gasteiger partial charge in [-0.25, -0.2) is 0 Å². The molecule has 96 valence electrons. The summed E-state index contributed by atoms with van der Waals surface area (Å²) in [7, 11) is 1.66. The smallest absolute Gasteiger partial charge is 0.127 e. The Bertz CT molecular complexity index is 522. The van der Waals surface area contributed by atoms with Crippen LogP contribution in [0.15, 0.2) is 36.4 Å². The maximum Gasteiger partial charge on any atom is 0.127 e. The Morgan fingerprint density at radius 1 is 1.06 bits per heavy atom. The van der Waals surface area contributed by atoms with Crippen LogP contribution < -0.4 is 9.47 Å². The molecule has 0 heterocycles. The molecule has 0 aliphatic carbocycles. The highest BCUT2D eigenvalue weighted by Crippen LogP contribution is 2.32. The van der Waals surface area contributed by atoms with Crippen LogP contribution in [0.25, 0.3) is 10.8 Å². The molecule has 0 amide bonds. The van der Waals surface area contributed by atoms with E-state index >= 15 is 0 Å². The molecule has 0 aliphatic heterocycles. The van der Waals surface area contributed by atoms with Gasteiger partial charge in [0.25, 0.3) is 0 Å². The van der Waals surface area contributed by atoms with Crippen LogP contribution in [0.1, 0.15) is 13.3 Å². The maximum absolute atomic E-state index is 9.54. The summed E-state index contributed by atoms with van der Waals surface area (Å²) in [5.74, 6) is 1.60. The number of rotatable bonds is 5. The van der Waals surface area contributed by atoms with Crippen LogP contribution in [0.4, 0.5) is 0 Å². The molecule has 2 rings (SSSR count). The summed E-state index contributed by atoms with van der Waals surface area (Å²) in [4.78, 5) is 0. The zero-order chi connectivity index (χ0) is 13.0. The molecule has 1 N–H and O–H groups in total. The average Bonchev–Trinajstić information content (AvgIpc) is 2.44. The first-order valence-corrected chi connectivity index (χ1v) is 6.13. The number of aliphatic hydroxyl groups excluding tert-OH is 1. The zero-order valence-electron chi connectivity index (χ0n) is 10.7. The van der Waals surface area contributed by atoms with Crippen molar-refractivity contribution in [3.63, 3.8) is 0 Å². The fourth-order valence-electron chi connectivity index (χ4n) is 1.85. The lowest BCUT2D eigenvalue weighted by atomic mass is 10.1. The molecule has 0 bridgehead atoms. The Balaban J connectivity index is 2.34. The minimum absolute atomic E-state index is 0.312. The number of hydrogen-bond acceptors (Lipinski definition) is 3. The first-order valence-electron chi connectivity index (χ1n) is 6.13. The van der Waals surface area contributed by atoms with E-state index in [4.69, 9.17) is 9.47 Å². The van der Waals surface area contributed by atoms with Gasteiger partial charge in [-0.1, -0.05) is 31.2 Å². The van der Waals surface area contributed by atoms with Gasteiger partial charge in [-0.3, -0.25) is 0 Å². The number of hydrogen-bond donors (Lipinski definition) is 1. The van der Waals surface area contributed by atoms with E-state index in [2.05, 4.69) is 0 Å². The normalized spacial score (nSPS) is 12.4. The molecule has 1 atom stereocenters. The van der Waals surface area contributed by atoms with E-state index in [1.165, 1.54) is 0 Å². The van der Waals surface area contributed by atoms with Crippen molar-refractivity contribution < 1.29 is 14.6 Å². The third-order valence-electron chi connectivity index (χ3n) is 2.97. The van der Waals surface area contributed by atoms with Crippen molar-refractivity contribution >= 4 is 10.8 Å². The Labute approximate surface area is 107 Å². The molecule has 0 aromatic heterocycles. The number of aliphatic hydroxyl groups is 1. The van der Waals surface area contributed by atoms with Crippen molar-refractivity contribution in [2.75, 3.05) is 13.7 Å². The monoisotopic (exact) mass is 246 g/mol. The summed E-state index contributed by atoms with van der Waals surface area (Å²) in [6, 6.07) is 11.7. The van der Waals surface area contributed by atoms with E-state index in [0.29, 0.717) is 13.0 Å². The van der Waals surface area contributed by atoms with E-state index in [9.17, 15) is 5.11 Å². The molecule has 2 aromatic carbocycles. The van der Waals surface area contributed by atoms with Gasteiger partial charge in [-0.15, -0.1) is 0 Å². The van der Waals surface area contributed by atoms with Gasteiger partial charge in [0.1, 0.15) is 18.1 Å². The van der Waals surface area contributed by atoms with Gasteiger partial charge in [0, 0.05) is 10.8 Å². The molecule has 0 spiro atoms. The van der Waals surface area contributed by atoms with Crippen LogP contribution >= 0.6 is 0 Å². The predicted molar refractivity (Wildman–Crippen MR) is 72.3 cm³/mol. The third-order valence-corrected chi connectivity index (χ3v) is 2.97. The van der Waals surface area contributed by atoms with Crippen LogP contribution in [0.3, 0.4) is 0 Å². The SMILES string of the molecule is CCC(O)COc1ccc(OC)c2ccccc12. The van der Waals surface area contributed by atoms with Crippen LogP contribution in [0.2, 0.25) is 0 Å². The topological polar surface area (TPSA) is 38.7 Å². The Morgan fingerprint density at radius 2 is 1.67 bits per heavy atom. The molecular weight excluding hydrogens is 228 g/mol. The summed E-state index contributed by atoms with van der Waals surface area (Å²) in [6.45, 7) is 2.24. The molecule has 18 heavy (non-hydrogen) atoms. The van der Waals surface area contributed by atoms with Crippen LogP contribution in [-0.2, 0) is 0 Å². The molecule has 0 aliphatic rings. The lowest BCUT2D eigenvalue weighted by Crippen LogP contribution is -2.16. The summed E-state index contributed by atoms with van der Waals surface area (Å²) in [5.41, 5.74) is 0. The predicted octanol–water partition coefficient (Wildman–Crippen LogP) is 3.00. The van der Waals surface area contributed by atoms with Crippen LogP contribution in [0.5, 0.6) is 11.5 Å². The van der Waals surface area contributed by atoms with Gasteiger partial charge >= 0.3 is 0 Å². The summed E-state index contributed by atoms with van der Waals surface area (Å²) < 4.78 is 11.0. The second kappa shape index (κ2) is 5.74. The van der Waals surface area contributed by atoms with Gasteiger partial charge in [-0.2, -0.15) is 0 Å². The van der Waals surface area contributed by atoms with E-state index < -0.39 is 6.10 Å². The Kier molecular flexibility index (Phi) is 4.05. The van der Waals surface area contributed by atoms with Gasteiger partial charge in [0.05, 0.1) is 13.2 Å². The first kappa shape index (κ1) is 12.7. The number of fused-ring (bicyclic) bond motifs is 1. The average molecular weight is 246 g/mol. The van der Waals surface area contributed by atoms with Crippen molar-refractivity contribution in [1.82, 2.24) is 0 Å². The largest absolute Gasteiger partial charge is 0.496 e. The lowest BCUT2D eigenvalue weighted by molar-refractivity contribution is 0.105. The van der Waals surface area contributed by atoms with Crippen LogP contribution in [0, 0.1) is 0 Å². The number of methoxy groups -OCH3 is 1. The molecule has 0 fully saturated rings. The molecule has 0 radical (unpaired) electrons. The highest BCUT2D eigenvalue weighted by Gasteiger charge is 2.08. The molecule has 0 saturated heterocycles. The second-order valence-corrected chi connectivity index (χ2v) is 4.18. The Hall–Kier alpha value is -1.74. The van der Waals surface area contributed by atoms with Crippen molar-refractivity contribution in [1.29, 1.82) is 0 Å². The molecule has 3 heteroatoms. The minimum Gasteiger partial charge on any atom is -0.496 e. The summed E-state index contributed by atoms with van der Waals surface area (Å²) in [5, 5.41) is 11.6. The van der Waals surface area contributed by atoms with Crippen molar-refractivity contribution in [3.8, 4) is 11.5 Å². The first-order chi connectivity index (χ1) is 8.76. The number of benzene rings is 2. The zero-order valence-corrected chi connectivity index (χ0v) is 10.7. The maximum atomic E-state index is 9.54. The van der Waals surface area contributed by atoms with Crippen molar-refractivity contribution in [2.45, 2.75) is 19.4 Å². The highest BCUT2D eigenvalue weighted by molar-refractivity contribution is 5.93. The fourth-order valence-corrected chi connectivity index (χ4v) is 1.85. The standard InChI is InChI=1S/C15H18O3/c1-3-11(16)10-18-15-9-8-14(17-2)12-6-4-5-7-13(12)15/h4-9,11,16H,3,10H2,1-2H3. The van der Waals surface area contributed by atoms with E-state index in [1.54, 1.807) is 7.11 Å².